The summed E-state index contributed by atoms with van der Waals surface area (Å²) in [5, 5.41) is 2.93. The van der Waals surface area contributed by atoms with Crippen molar-refractivity contribution in [2.24, 2.45) is 0 Å². The van der Waals surface area contributed by atoms with E-state index in [1.165, 1.54) is 18.6 Å². The van der Waals surface area contributed by atoms with Gasteiger partial charge in [0.15, 0.2) is 0 Å². The van der Waals surface area contributed by atoms with Crippen molar-refractivity contribution >= 4 is 5.91 Å². The molecule has 0 fully saturated rings. The third-order valence-electron chi connectivity index (χ3n) is 4.30. The molecule has 6 heteroatoms. The van der Waals surface area contributed by atoms with E-state index in [-0.39, 0.29) is 17.3 Å². The Hall–Kier alpha value is -2.37. The second-order valence-electron chi connectivity index (χ2n) is 5.94. The Morgan fingerprint density at radius 3 is 2.67 bits per heavy atom. The van der Waals surface area contributed by atoms with Crippen LogP contribution in [-0.4, -0.2) is 10.9 Å². The van der Waals surface area contributed by atoms with Gasteiger partial charge >= 0.3 is 6.18 Å². The van der Waals surface area contributed by atoms with E-state index < -0.39 is 17.8 Å². The highest BCUT2D eigenvalue weighted by Gasteiger charge is 2.33. The van der Waals surface area contributed by atoms with Crippen LogP contribution in [0.5, 0.6) is 0 Å². The summed E-state index contributed by atoms with van der Waals surface area (Å²) in [6.45, 7) is 1.42. The molecular weight excluding hydrogens is 317 g/mol. The lowest BCUT2D eigenvalue weighted by molar-refractivity contribution is -0.141. The highest BCUT2D eigenvalue weighted by molar-refractivity contribution is 5.95. The number of benzene rings is 1. The Kier molecular flexibility index (Phi) is 4.30. The van der Waals surface area contributed by atoms with Crippen molar-refractivity contribution in [3.05, 3.63) is 64.5 Å². The fourth-order valence-corrected chi connectivity index (χ4v) is 3.10. The highest BCUT2D eigenvalue weighted by Crippen LogP contribution is 2.30. The number of carbonyl (C=O) groups excluding carboxylic acids is 1. The number of aromatic nitrogens is 1. The third kappa shape index (κ3) is 3.27. The Bertz CT molecular complexity index is 771. The first-order valence-electron chi connectivity index (χ1n) is 7.80. The molecule has 0 saturated carbocycles. The van der Waals surface area contributed by atoms with Crippen molar-refractivity contribution in [3.63, 3.8) is 0 Å². The fourth-order valence-electron chi connectivity index (χ4n) is 3.10. The van der Waals surface area contributed by atoms with Crippen LogP contribution >= 0.6 is 0 Å². The maximum Gasteiger partial charge on any atom is 0.433 e. The number of hydrogen-bond donors (Lipinski definition) is 1. The van der Waals surface area contributed by atoms with E-state index in [4.69, 9.17) is 0 Å². The van der Waals surface area contributed by atoms with Gasteiger partial charge in [0.25, 0.3) is 5.91 Å². The van der Waals surface area contributed by atoms with Crippen LogP contribution in [0.2, 0.25) is 0 Å². The van der Waals surface area contributed by atoms with Gasteiger partial charge in [-0.15, -0.1) is 0 Å². The van der Waals surface area contributed by atoms with Crippen LogP contribution in [0.25, 0.3) is 0 Å². The number of rotatable bonds is 2. The first-order chi connectivity index (χ1) is 11.4. The molecular formula is C18H17F3N2O. The molecule has 0 unspecified atom stereocenters. The number of nitrogens with one attached hydrogen (secondary N) is 1. The molecule has 1 aliphatic rings. The quantitative estimate of drug-likeness (QED) is 0.894. The highest BCUT2D eigenvalue weighted by atomic mass is 19.4. The van der Waals surface area contributed by atoms with E-state index in [9.17, 15) is 18.0 Å². The van der Waals surface area contributed by atoms with Gasteiger partial charge in [-0.25, -0.2) is 4.98 Å². The molecule has 1 amide bonds. The molecule has 1 aromatic carbocycles. The summed E-state index contributed by atoms with van der Waals surface area (Å²) >= 11 is 0. The summed E-state index contributed by atoms with van der Waals surface area (Å²) in [4.78, 5) is 16.0. The number of fused-ring (bicyclic) bond motifs is 1. The van der Waals surface area contributed by atoms with Gasteiger partial charge in [0.1, 0.15) is 5.69 Å². The van der Waals surface area contributed by atoms with E-state index in [1.54, 1.807) is 0 Å². The molecule has 1 aromatic heterocycles. The zero-order valence-corrected chi connectivity index (χ0v) is 13.2. The summed E-state index contributed by atoms with van der Waals surface area (Å²) in [6, 6.07) is 9.83. The number of pyridine rings is 1. The van der Waals surface area contributed by atoms with E-state index in [0.717, 1.165) is 30.9 Å². The Morgan fingerprint density at radius 2 is 1.96 bits per heavy atom. The van der Waals surface area contributed by atoms with Crippen LogP contribution in [0.3, 0.4) is 0 Å². The van der Waals surface area contributed by atoms with Crippen LogP contribution in [0.1, 0.15) is 51.8 Å². The zero-order chi connectivity index (χ0) is 17.3. The normalized spacial score (nSPS) is 17.2. The van der Waals surface area contributed by atoms with Gasteiger partial charge in [0, 0.05) is 0 Å². The average molecular weight is 334 g/mol. The Morgan fingerprint density at radius 1 is 1.21 bits per heavy atom. The van der Waals surface area contributed by atoms with Crippen LogP contribution in [-0.2, 0) is 12.6 Å². The first kappa shape index (κ1) is 16.5. The van der Waals surface area contributed by atoms with E-state index in [0.29, 0.717) is 0 Å². The molecule has 1 atom stereocenters. The minimum Gasteiger partial charge on any atom is -0.345 e. The number of hydrogen-bond acceptors (Lipinski definition) is 2. The van der Waals surface area contributed by atoms with Crippen molar-refractivity contribution in [2.75, 3.05) is 0 Å². The molecule has 2 aromatic rings. The molecule has 1 heterocycles. The second kappa shape index (κ2) is 6.26. The largest absolute Gasteiger partial charge is 0.433 e. The molecule has 3 rings (SSSR count). The van der Waals surface area contributed by atoms with E-state index in [2.05, 4.69) is 10.3 Å². The Labute approximate surface area is 137 Å². The molecule has 0 aliphatic heterocycles. The minimum atomic E-state index is -4.51. The Balaban J connectivity index is 1.82. The predicted molar refractivity (Wildman–Crippen MR) is 83.6 cm³/mol. The number of halogens is 3. The van der Waals surface area contributed by atoms with E-state index in [1.807, 2.05) is 24.3 Å². The molecule has 24 heavy (non-hydrogen) atoms. The van der Waals surface area contributed by atoms with Crippen molar-refractivity contribution in [2.45, 2.75) is 38.4 Å². The van der Waals surface area contributed by atoms with Crippen molar-refractivity contribution in [1.29, 1.82) is 0 Å². The number of nitrogens with zero attached hydrogens (tertiary/aromatic N) is 1. The number of aryl methyl sites for hydroxylation is 2. The van der Waals surface area contributed by atoms with Gasteiger partial charge in [0.2, 0.25) is 0 Å². The van der Waals surface area contributed by atoms with Gasteiger partial charge in [-0.1, -0.05) is 24.3 Å². The minimum absolute atomic E-state index is 0.0754. The standard InChI is InChI=1S/C18H17F3N2O/c1-11-13(9-10-16(22-11)18(19,20)21)17(24)23-15-8-4-6-12-5-2-3-7-14(12)15/h2-3,5,7,9-10,15H,4,6,8H2,1H3,(H,23,24)/t15-/m0/s1. The summed E-state index contributed by atoms with van der Waals surface area (Å²) in [5.74, 6) is -0.393. The van der Waals surface area contributed by atoms with Crippen LogP contribution in [0, 0.1) is 6.92 Å². The van der Waals surface area contributed by atoms with Gasteiger partial charge in [-0.2, -0.15) is 13.2 Å². The van der Waals surface area contributed by atoms with Crippen LogP contribution in [0.15, 0.2) is 36.4 Å². The van der Waals surface area contributed by atoms with Crippen molar-refractivity contribution in [3.8, 4) is 0 Å². The molecule has 1 N–H and O–H groups in total. The molecule has 3 nitrogen and oxygen atoms in total. The molecule has 1 aliphatic carbocycles. The zero-order valence-electron chi connectivity index (χ0n) is 13.2. The van der Waals surface area contributed by atoms with Gasteiger partial charge < -0.3 is 5.32 Å². The monoisotopic (exact) mass is 334 g/mol. The maximum atomic E-state index is 12.7. The second-order valence-corrected chi connectivity index (χ2v) is 5.94. The first-order valence-corrected chi connectivity index (χ1v) is 7.80. The topological polar surface area (TPSA) is 42.0 Å². The van der Waals surface area contributed by atoms with Crippen molar-refractivity contribution in [1.82, 2.24) is 10.3 Å². The van der Waals surface area contributed by atoms with Gasteiger partial charge in [0.05, 0.1) is 17.3 Å². The molecule has 0 spiro atoms. The fraction of sp³-hybridized carbons (Fsp3) is 0.333. The average Bonchev–Trinajstić information content (AvgIpc) is 2.54. The molecule has 0 saturated heterocycles. The third-order valence-corrected chi connectivity index (χ3v) is 4.30. The van der Waals surface area contributed by atoms with Gasteiger partial charge in [-0.3, -0.25) is 4.79 Å². The van der Waals surface area contributed by atoms with Crippen molar-refractivity contribution < 1.29 is 18.0 Å². The smallest absolute Gasteiger partial charge is 0.345 e. The van der Waals surface area contributed by atoms with E-state index >= 15 is 0 Å². The lowest BCUT2D eigenvalue weighted by Crippen LogP contribution is -2.31. The SMILES string of the molecule is Cc1nc(C(F)(F)F)ccc1C(=O)N[C@H]1CCCc2ccccc21. The number of amides is 1. The maximum absolute atomic E-state index is 12.7. The lowest BCUT2D eigenvalue weighted by Gasteiger charge is -2.26. The molecule has 126 valence electrons. The van der Waals surface area contributed by atoms with Crippen LogP contribution < -0.4 is 5.32 Å². The summed E-state index contributed by atoms with van der Waals surface area (Å²) in [7, 11) is 0. The van der Waals surface area contributed by atoms with Crippen LogP contribution in [0.4, 0.5) is 13.2 Å². The number of alkyl halides is 3. The predicted octanol–water partition coefficient (Wildman–Crippen LogP) is 4.22. The number of carbonyl (C=O) groups is 1. The lowest BCUT2D eigenvalue weighted by atomic mass is 9.87. The summed E-state index contributed by atoms with van der Waals surface area (Å²) in [6.07, 6.45) is -1.76. The van der Waals surface area contributed by atoms with Gasteiger partial charge in [-0.05, 0) is 49.4 Å². The molecule has 0 radical (unpaired) electrons. The molecule has 0 bridgehead atoms. The summed E-state index contributed by atoms with van der Waals surface area (Å²) in [5.41, 5.74) is 1.54. The summed E-state index contributed by atoms with van der Waals surface area (Å²) < 4.78 is 38.0.